The monoisotopic (exact) mass is 298 g/mol. The minimum Gasteiger partial charge on any atom is -0.476 e. The highest BCUT2D eigenvalue weighted by Gasteiger charge is 2.14. The lowest BCUT2D eigenvalue weighted by Crippen LogP contribution is -2.13. The predicted molar refractivity (Wildman–Crippen MR) is 87.5 cm³/mol. The Morgan fingerprint density at radius 3 is 2.71 bits per heavy atom. The fraction of sp³-hybridized carbons (Fsp3) is 0.0625. The van der Waals surface area contributed by atoms with Crippen molar-refractivity contribution in [1.29, 1.82) is 0 Å². The van der Waals surface area contributed by atoms with E-state index in [0.717, 1.165) is 16.4 Å². The van der Waals surface area contributed by atoms with Crippen LogP contribution in [0, 0.1) is 0 Å². The Balaban J connectivity index is 1.95. The molecule has 0 amide bonds. The maximum Gasteiger partial charge on any atom is 0.355 e. The Morgan fingerprint density at radius 2 is 1.95 bits per heavy atom. The Kier molecular flexibility index (Phi) is 3.63. The second-order valence-electron chi connectivity index (χ2n) is 4.76. The summed E-state index contributed by atoms with van der Waals surface area (Å²) in [7, 11) is 2.69. The van der Waals surface area contributed by atoms with Crippen LogP contribution in [-0.4, -0.2) is 15.5 Å². The minimum absolute atomic E-state index is 0.249. The number of pyridine rings is 1. The third-order valence-electron chi connectivity index (χ3n) is 3.42. The van der Waals surface area contributed by atoms with Crippen LogP contribution in [-0.2, 0) is 6.54 Å². The molecule has 0 radical (unpaired) electrons. The topological polar surface area (TPSA) is 53.7 Å². The number of carboxylic acids is 1. The molecule has 2 N–H and O–H groups in total. The van der Waals surface area contributed by atoms with Gasteiger partial charge >= 0.3 is 5.97 Å². The lowest BCUT2D eigenvalue weighted by Gasteiger charge is -2.13. The predicted octanol–water partition coefficient (Wildman–Crippen LogP) is 2.75. The molecule has 0 spiro atoms. The lowest BCUT2D eigenvalue weighted by molar-refractivity contribution is 0.0690. The molecule has 0 aliphatic heterocycles. The molecule has 0 saturated carbocycles. The fourth-order valence-corrected chi connectivity index (χ4v) is 2.67. The van der Waals surface area contributed by atoms with Crippen molar-refractivity contribution in [2.24, 2.45) is 0 Å². The summed E-state index contributed by atoms with van der Waals surface area (Å²) in [4.78, 5) is 11.5. The molecule has 106 valence electrons. The van der Waals surface area contributed by atoms with Gasteiger partial charge in [-0.1, -0.05) is 24.3 Å². The van der Waals surface area contributed by atoms with Crippen molar-refractivity contribution in [2.75, 3.05) is 5.32 Å². The third-order valence-corrected chi connectivity index (χ3v) is 3.99. The number of fused-ring (bicyclic) bond motifs is 1. The van der Waals surface area contributed by atoms with E-state index in [1.54, 1.807) is 10.6 Å². The third kappa shape index (κ3) is 2.63. The number of hydrogen-bond donors (Lipinski definition) is 2. The molecule has 0 bridgehead atoms. The maximum atomic E-state index is 11.5. The number of carboxylic acid groups (broad SMARTS) is 1. The molecule has 0 aliphatic rings. The molecular formula is C16H15N2O2P. The van der Waals surface area contributed by atoms with Crippen molar-refractivity contribution in [2.45, 2.75) is 6.54 Å². The summed E-state index contributed by atoms with van der Waals surface area (Å²) in [6, 6.07) is 15.4. The van der Waals surface area contributed by atoms with Crippen molar-refractivity contribution in [3.8, 4) is 0 Å². The number of anilines is 1. The molecule has 2 aromatic heterocycles. The number of carbonyl (C=O) groups is 1. The van der Waals surface area contributed by atoms with Crippen molar-refractivity contribution >= 4 is 31.7 Å². The molecule has 0 saturated heterocycles. The zero-order chi connectivity index (χ0) is 14.8. The molecule has 3 aromatic rings. The van der Waals surface area contributed by atoms with Gasteiger partial charge in [-0.15, -0.1) is 9.24 Å². The first-order valence-corrected chi connectivity index (χ1v) is 7.15. The van der Waals surface area contributed by atoms with E-state index in [1.165, 1.54) is 0 Å². The van der Waals surface area contributed by atoms with Gasteiger partial charge in [-0.05, 0) is 35.1 Å². The maximum absolute atomic E-state index is 11.5. The smallest absolute Gasteiger partial charge is 0.355 e. The Morgan fingerprint density at radius 1 is 1.14 bits per heavy atom. The number of hydrogen-bond acceptors (Lipinski definition) is 2. The first-order chi connectivity index (χ1) is 10.2. The largest absolute Gasteiger partial charge is 0.476 e. The van der Waals surface area contributed by atoms with Crippen molar-refractivity contribution < 1.29 is 9.90 Å². The molecule has 1 unspecified atom stereocenters. The fourth-order valence-electron chi connectivity index (χ4n) is 2.36. The normalized spacial score (nSPS) is 10.7. The van der Waals surface area contributed by atoms with Crippen LogP contribution in [0.5, 0.6) is 0 Å². The summed E-state index contributed by atoms with van der Waals surface area (Å²) in [5.41, 5.74) is 2.84. The van der Waals surface area contributed by atoms with E-state index >= 15 is 0 Å². The van der Waals surface area contributed by atoms with Gasteiger partial charge < -0.3 is 14.8 Å². The van der Waals surface area contributed by atoms with Crippen molar-refractivity contribution in [1.82, 2.24) is 4.40 Å². The molecule has 2 heterocycles. The first-order valence-electron chi connectivity index (χ1n) is 6.57. The highest BCUT2D eigenvalue weighted by molar-refractivity contribution is 7.27. The highest BCUT2D eigenvalue weighted by Crippen LogP contribution is 2.20. The average Bonchev–Trinajstić information content (AvgIpc) is 2.93. The number of nitrogens with zero attached hydrogens (tertiary/aromatic N) is 1. The number of aromatic carboxylic acids is 1. The number of aromatic nitrogens is 1. The van der Waals surface area contributed by atoms with E-state index in [2.05, 4.69) is 14.6 Å². The average molecular weight is 298 g/mol. The van der Waals surface area contributed by atoms with Crippen LogP contribution in [0.1, 0.15) is 16.1 Å². The summed E-state index contributed by atoms with van der Waals surface area (Å²) in [6.07, 6.45) is 1.76. The van der Waals surface area contributed by atoms with Gasteiger partial charge in [0.25, 0.3) is 0 Å². The van der Waals surface area contributed by atoms with Gasteiger partial charge in [0, 0.05) is 18.3 Å². The molecule has 1 atom stereocenters. The van der Waals surface area contributed by atoms with Gasteiger partial charge in [0.05, 0.1) is 5.69 Å². The van der Waals surface area contributed by atoms with Crippen molar-refractivity contribution in [3.63, 3.8) is 0 Å². The van der Waals surface area contributed by atoms with Gasteiger partial charge in [0.1, 0.15) is 0 Å². The van der Waals surface area contributed by atoms with Crippen LogP contribution in [0.4, 0.5) is 5.69 Å². The van der Waals surface area contributed by atoms with Crippen molar-refractivity contribution in [3.05, 3.63) is 66.0 Å². The molecule has 1 aromatic carbocycles. The molecular weight excluding hydrogens is 283 g/mol. The number of benzene rings is 1. The second kappa shape index (κ2) is 5.58. The Hall–Kier alpha value is -2.32. The van der Waals surface area contributed by atoms with Crippen LogP contribution in [0.15, 0.2) is 54.7 Å². The molecule has 0 aliphatic carbocycles. The van der Waals surface area contributed by atoms with E-state index < -0.39 is 5.97 Å². The van der Waals surface area contributed by atoms with E-state index in [9.17, 15) is 9.90 Å². The van der Waals surface area contributed by atoms with Crippen LogP contribution in [0.2, 0.25) is 0 Å². The van der Waals surface area contributed by atoms with Crippen LogP contribution < -0.4 is 10.6 Å². The van der Waals surface area contributed by atoms with Gasteiger partial charge in [0.2, 0.25) is 0 Å². The summed E-state index contributed by atoms with van der Waals surface area (Å²) in [5.74, 6) is -0.946. The van der Waals surface area contributed by atoms with E-state index in [1.807, 2.05) is 48.5 Å². The first kappa shape index (κ1) is 13.7. The van der Waals surface area contributed by atoms with E-state index in [4.69, 9.17) is 0 Å². The van der Waals surface area contributed by atoms with Crippen LogP contribution >= 0.6 is 9.24 Å². The molecule has 21 heavy (non-hydrogen) atoms. The quantitative estimate of drug-likeness (QED) is 0.728. The molecule has 0 fully saturated rings. The van der Waals surface area contributed by atoms with Gasteiger partial charge in [-0.3, -0.25) is 0 Å². The lowest BCUT2D eigenvalue weighted by atomic mass is 10.2. The van der Waals surface area contributed by atoms with Crippen LogP contribution in [0.25, 0.3) is 5.52 Å². The zero-order valence-corrected chi connectivity index (χ0v) is 12.4. The van der Waals surface area contributed by atoms with E-state index in [-0.39, 0.29) is 5.69 Å². The highest BCUT2D eigenvalue weighted by atomic mass is 31.0. The zero-order valence-electron chi connectivity index (χ0n) is 11.3. The summed E-state index contributed by atoms with van der Waals surface area (Å²) in [6.45, 7) is 0.576. The van der Waals surface area contributed by atoms with Gasteiger partial charge in [0.15, 0.2) is 5.69 Å². The van der Waals surface area contributed by atoms with Gasteiger partial charge in [-0.25, -0.2) is 4.79 Å². The standard InChI is InChI=1S/C16H15N2O2P/c19-16(20)15-13(8-7-12-5-3-9-18(12)15)17-10-11-4-1-2-6-14(11)21/h1-9,17H,10,21H2,(H,19,20). The second-order valence-corrected chi connectivity index (χ2v) is 5.38. The van der Waals surface area contributed by atoms with E-state index in [0.29, 0.717) is 12.2 Å². The summed E-state index contributed by atoms with van der Waals surface area (Å²) in [5, 5.41) is 13.8. The molecule has 4 nitrogen and oxygen atoms in total. The summed E-state index contributed by atoms with van der Waals surface area (Å²) >= 11 is 0. The number of nitrogens with one attached hydrogen (secondary N) is 1. The molecule has 5 heteroatoms. The molecule has 3 rings (SSSR count). The Bertz CT molecular complexity index is 811. The Labute approximate surface area is 124 Å². The number of rotatable bonds is 4. The van der Waals surface area contributed by atoms with Gasteiger partial charge in [-0.2, -0.15) is 0 Å². The van der Waals surface area contributed by atoms with Crippen LogP contribution in [0.3, 0.4) is 0 Å². The summed E-state index contributed by atoms with van der Waals surface area (Å²) < 4.78 is 1.68. The SMILES string of the molecule is O=C(O)c1c(NCc2ccccc2P)ccc2cccn12. The minimum atomic E-state index is -0.946.